The van der Waals surface area contributed by atoms with Crippen LogP contribution in [-0.4, -0.2) is 38.0 Å². The third-order valence-electron chi connectivity index (χ3n) is 3.06. The van der Waals surface area contributed by atoms with Crippen molar-refractivity contribution in [3.05, 3.63) is 24.3 Å². The van der Waals surface area contributed by atoms with Crippen LogP contribution < -0.4 is 10.6 Å². The second-order valence-corrected chi connectivity index (χ2v) is 5.42. The van der Waals surface area contributed by atoms with Crippen molar-refractivity contribution in [1.29, 1.82) is 0 Å². The lowest BCUT2D eigenvalue weighted by molar-refractivity contribution is -0.115. The number of rotatable bonds is 6. The summed E-state index contributed by atoms with van der Waals surface area (Å²) in [5.41, 5.74) is 0.835. The topological polar surface area (TPSA) is 50.4 Å². The third kappa shape index (κ3) is 5.71. The number of hydrogen-bond donors (Lipinski definition) is 2. The highest BCUT2D eigenvalue weighted by Crippen LogP contribution is 2.17. The average molecular weight is 317 g/mol. The van der Waals surface area contributed by atoms with Gasteiger partial charge in [-0.2, -0.15) is 0 Å². The number of carbonyl (C=O) groups is 1. The summed E-state index contributed by atoms with van der Waals surface area (Å²) in [5.74, 6) is -0.0186. The van der Waals surface area contributed by atoms with Gasteiger partial charge in [0, 0.05) is 23.7 Å². The van der Waals surface area contributed by atoms with E-state index in [2.05, 4.69) is 10.6 Å². The van der Waals surface area contributed by atoms with Gasteiger partial charge in [0.2, 0.25) is 5.91 Å². The summed E-state index contributed by atoms with van der Waals surface area (Å²) in [7, 11) is 0. The van der Waals surface area contributed by atoms with Crippen molar-refractivity contribution in [2.24, 2.45) is 0 Å². The van der Waals surface area contributed by atoms with Gasteiger partial charge in [0.15, 0.2) is 0 Å². The molecule has 0 saturated carbocycles. The Kier molecular flexibility index (Phi) is 7.99. The Balaban J connectivity index is 0.00000200. The Bertz CT molecular complexity index is 408. The molecule has 1 aromatic rings. The molecule has 0 radical (unpaired) electrons. The molecule has 2 N–H and O–H groups in total. The molecule has 0 aromatic heterocycles. The summed E-state index contributed by atoms with van der Waals surface area (Å²) in [6.07, 6.45) is 4.52. The molecule has 112 valence electrons. The number of benzene rings is 1. The molecule has 2 rings (SSSR count). The molecule has 1 aliphatic rings. The number of nitrogens with one attached hydrogen (secondary N) is 2. The van der Waals surface area contributed by atoms with Crippen molar-refractivity contribution >= 4 is 35.8 Å². The zero-order chi connectivity index (χ0) is 13.5. The van der Waals surface area contributed by atoms with Crippen LogP contribution in [0.25, 0.3) is 0 Å². The van der Waals surface area contributed by atoms with Gasteiger partial charge in [0.05, 0.1) is 12.6 Å². The van der Waals surface area contributed by atoms with Gasteiger partial charge in [-0.25, -0.2) is 0 Å². The average Bonchev–Trinajstić information content (AvgIpc) is 2.93. The van der Waals surface area contributed by atoms with E-state index in [1.807, 2.05) is 30.5 Å². The van der Waals surface area contributed by atoms with E-state index in [0.29, 0.717) is 6.54 Å². The molecular formula is C14H21ClN2O2S. The molecule has 1 atom stereocenters. The van der Waals surface area contributed by atoms with Crippen LogP contribution in [0.1, 0.15) is 12.8 Å². The summed E-state index contributed by atoms with van der Waals surface area (Å²) < 4.78 is 5.48. The summed E-state index contributed by atoms with van der Waals surface area (Å²) in [5, 5.41) is 6.00. The first kappa shape index (κ1) is 17.3. The van der Waals surface area contributed by atoms with Crippen molar-refractivity contribution < 1.29 is 9.53 Å². The van der Waals surface area contributed by atoms with Gasteiger partial charge in [-0.3, -0.25) is 4.79 Å². The molecule has 1 unspecified atom stereocenters. The number of ether oxygens (including phenoxy) is 1. The van der Waals surface area contributed by atoms with Crippen LogP contribution in [0.5, 0.6) is 0 Å². The Labute approximate surface area is 130 Å². The van der Waals surface area contributed by atoms with Gasteiger partial charge in [-0.05, 0) is 43.4 Å². The third-order valence-corrected chi connectivity index (χ3v) is 3.80. The van der Waals surface area contributed by atoms with E-state index in [1.54, 1.807) is 11.8 Å². The molecule has 1 fully saturated rings. The lowest BCUT2D eigenvalue weighted by Crippen LogP contribution is -2.33. The van der Waals surface area contributed by atoms with Gasteiger partial charge in [0.25, 0.3) is 0 Å². The molecular weight excluding hydrogens is 296 g/mol. The van der Waals surface area contributed by atoms with Crippen LogP contribution in [0, 0.1) is 0 Å². The lowest BCUT2D eigenvalue weighted by atomic mass is 10.2. The van der Waals surface area contributed by atoms with E-state index in [1.165, 1.54) is 4.90 Å². The van der Waals surface area contributed by atoms with Crippen molar-refractivity contribution in [3.63, 3.8) is 0 Å². The van der Waals surface area contributed by atoms with Gasteiger partial charge in [0.1, 0.15) is 0 Å². The zero-order valence-electron chi connectivity index (χ0n) is 11.6. The van der Waals surface area contributed by atoms with Gasteiger partial charge in [-0.1, -0.05) is 0 Å². The summed E-state index contributed by atoms with van der Waals surface area (Å²) in [6, 6.07) is 7.84. The Morgan fingerprint density at radius 2 is 2.15 bits per heavy atom. The minimum atomic E-state index is -0.0186. The van der Waals surface area contributed by atoms with Crippen LogP contribution in [-0.2, 0) is 9.53 Å². The van der Waals surface area contributed by atoms with Crippen LogP contribution >= 0.6 is 24.2 Å². The molecule has 1 amide bonds. The standard InChI is InChI=1S/C14H20N2O2S.ClH/c1-19-13-6-4-11(5-7-13)16-14(17)10-15-9-12-3-2-8-18-12;/h4-7,12,15H,2-3,8-10H2,1H3,(H,16,17);1H. The van der Waals surface area contributed by atoms with Crippen LogP contribution in [0.15, 0.2) is 29.2 Å². The molecule has 1 saturated heterocycles. The number of halogens is 1. The van der Waals surface area contributed by atoms with E-state index >= 15 is 0 Å². The quantitative estimate of drug-likeness (QED) is 0.792. The molecule has 0 spiro atoms. The second-order valence-electron chi connectivity index (χ2n) is 4.54. The molecule has 0 bridgehead atoms. The van der Waals surface area contributed by atoms with E-state index in [-0.39, 0.29) is 24.4 Å². The van der Waals surface area contributed by atoms with E-state index in [4.69, 9.17) is 4.74 Å². The minimum absolute atomic E-state index is 0. The minimum Gasteiger partial charge on any atom is -0.377 e. The maximum atomic E-state index is 11.7. The smallest absolute Gasteiger partial charge is 0.238 e. The predicted octanol–water partition coefficient (Wildman–Crippen LogP) is 2.54. The Morgan fingerprint density at radius 1 is 1.40 bits per heavy atom. The van der Waals surface area contributed by atoms with Gasteiger partial charge >= 0.3 is 0 Å². The summed E-state index contributed by atoms with van der Waals surface area (Å²) >= 11 is 1.69. The number of carbonyl (C=O) groups excluding carboxylic acids is 1. The number of anilines is 1. The first-order valence-corrected chi connectivity index (χ1v) is 7.76. The van der Waals surface area contributed by atoms with Crippen LogP contribution in [0.3, 0.4) is 0 Å². The molecule has 0 aliphatic carbocycles. The maximum absolute atomic E-state index is 11.7. The normalized spacial score (nSPS) is 17.6. The molecule has 1 aliphatic heterocycles. The fourth-order valence-corrected chi connectivity index (χ4v) is 2.44. The fraction of sp³-hybridized carbons (Fsp3) is 0.500. The molecule has 1 heterocycles. The van der Waals surface area contributed by atoms with Crippen LogP contribution in [0.4, 0.5) is 5.69 Å². The van der Waals surface area contributed by atoms with Gasteiger partial charge in [-0.15, -0.1) is 24.2 Å². The largest absolute Gasteiger partial charge is 0.377 e. The molecule has 6 heteroatoms. The number of hydrogen-bond acceptors (Lipinski definition) is 4. The van der Waals surface area contributed by atoms with Gasteiger partial charge < -0.3 is 15.4 Å². The molecule has 20 heavy (non-hydrogen) atoms. The highest BCUT2D eigenvalue weighted by Gasteiger charge is 2.15. The molecule has 1 aromatic carbocycles. The van der Waals surface area contributed by atoms with Crippen LogP contribution in [0.2, 0.25) is 0 Å². The maximum Gasteiger partial charge on any atom is 0.238 e. The second kappa shape index (κ2) is 9.23. The van der Waals surface area contributed by atoms with Crippen molar-refractivity contribution in [2.75, 3.05) is 31.3 Å². The van der Waals surface area contributed by atoms with Crippen molar-refractivity contribution in [1.82, 2.24) is 5.32 Å². The first-order valence-electron chi connectivity index (χ1n) is 6.54. The number of amides is 1. The van der Waals surface area contributed by atoms with Crippen molar-refractivity contribution in [2.45, 2.75) is 23.8 Å². The highest BCUT2D eigenvalue weighted by molar-refractivity contribution is 7.98. The Hall–Kier alpha value is -0.750. The lowest BCUT2D eigenvalue weighted by Gasteiger charge is -2.11. The highest BCUT2D eigenvalue weighted by atomic mass is 35.5. The Morgan fingerprint density at radius 3 is 2.75 bits per heavy atom. The predicted molar refractivity (Wildman–Crippen MR) is 85.9 cm³/mol. The number of thioether (sulfide) groups is 1. The summed E-state index contributed by atoms with van der Waals surface area (Å²) in [4.78, 5) is 12.9. The SMILES string of the molecule is CSc1ccc(NC(=O)CNCC2CCCO2)cc1.Cl. The zero-order valence-corrected chi connectivity index (χ0v) is 13.2. The van der Waals surface area contributed by atoms with E-state index in [0.717, 1.165) is 31.7 Å². The van der Waals surface area contributed by atoms with E-state index in [9.17, 15) is 4.79 Å². The summed E-state index contributed by atoms with van der Waals surface area (Å²) in [6.45, 7) is 1.92. The molecule has 4 nitrogen and oxygen atoms in total. The first-order chi connectivity index (χ1) is 9.28. The van der Waals surface area contributed by atoms with E-state index < -0.39 is 0 Å². The monoisotopic (exact) mass is 316 g/mol. The fourth-order valence-electron chi connectivity index (χ4n) is 2.03. The van der Waals surface area contributed by atoms with Crippen molar-refractivity contribution in [3.8, 4) is 0 Å².